The second kappa shape index (κ2) is 7.92. The summed E-state index contributed by atoms with van der Waals surface area (Å²) in [7, 11) is 0. The maximum absolute atomic E-state index is 15.3. The van der Waals surface area contributed by atoms with E-state index in [1.54, 1.807) is 6.07 Å². The number of benzene rings is 1. The van der Waals surface area contributed by atoms with E-state index in [4.69, 9.17) is 4.74 Å². The highest BCUT2D eigenvalue weighted by molar-refractivity contribution is 5.97. The number of likely N-dealkylation sites (tertiary alicyclic amines) is 1. The standard InChI is InChI=1S/C27H33F2NO4/c1-14-22(29)12-30(24(14)26(32)33)25(31)20-8-19(16-2-3-16)23(9-21(20)28)34-13-27-5-4-17-6-15(10-27)7-18(17)11-27/h8-9,14-18,22,24H,2-7,10-13H2,1H3,(H,32,33)/t14-,15?,17?,18?,22-,24+,27?/m1/s1. The Morgan fingerprint density at radius 2 is 1.94 bits per heavy atom. The van der Waals surface area contributed by atoms with Gasteiger partial charge >= 0.3 is 5.97 Å². The molecule has 4 saturated carbocycles. The molecular formula is C27H33F2NO4. The van der Waals surface area contributed by atoms with E-state index in [1.165, 1.54) is 51.5 Å². The average molecular weight is 474 g/mol. The van der Waals surface area contributed by atoms with E-state index in [0.717, 1.165) is 41.1 Å². The summed E-state index contributed by atoms with van der Waals surface area (Å²) in [4.78, 5) is 25.9. The van der Waals surface area contributed by atoms with Crippen LogP contribution < -0.4 is 4.74 Å². The van der Waals surface area contributed by atoms with Crippen LogP contribution in [0.2, 0.25) is 0 Å². The van der Waals surface area contributed by atoms with Crippen LogP contribution in [0.1, 0.15) is 80.1 Å². The highest BCUT2D eigenvalue weighted by Crippen LogP contribution is 2.60. The third-order valence-electron chi connectivity index (χ3n) is 9.57. The van der Waals surface area contributed by atoms with E-state index in [-0.39, 0.29) is 23.4 Å². The van der Waals surface area contributed by atoms with Crippen molar-refractivity contribution in [2.75, 3.05) is 13.2 Å². The van der Waals surface area contributed by atoms with Gasteiger partial charge in [0.15, 0.2) is 0 Å². The van der Waals surface area contributed by atoms with Crippen molar-refractivity contribution >= 4 is 11.9 Å². The number of nitrogens with zero attached hydrogens (tertiary/aromatic N) is 1. The molecule has 3 bridgehead atoms. The number of halogens is 2. The van der Waals surface area contributed by atoms with Gasteiger partial charge in [-0.25, -0.2) is 13.6 Å². The first-order valence-electron chi connectivity index (χ1n) is 12.9. The minimum Gasteiger partial charge on any atom is -0.493 e. The number of carboxylic acids is 1. The largest absolute Gasteiger partial charge is 0.493 e. The van der Waals surface area contributed by atoms with Crippen LogP contribution in [0.4, 0.5) is 8.78 Å². The summed E-state index contributed by atoms with van der Waals surface area (Å²) in [5.41, 5.74) is 0.823. The number of rotatable bonds is 6. The molecule has 0 aromatic heterocycles. The van der Waals surface area contributed by atoms with Crippen molar-refractivity contribution in [3.05, 3.63) is 29.1 Å². The van der Waals surface area contributed by atoms with Crippen LogP contribution in [0.15, 0.2) is 12.1 Å². The highest BCUT2D eigenvalue weighted by Gasteiger charge is 2.52. The number of fused-ring (bicyclic) bond motifs is 2. The van der Waals surface area contributed by atoms with E-state index in [2.05, 4.69) is 0 Å². The van der Waals surface area contributed by atoms with Gasteiger partial charge in [-0.3, -0.25) is 4.79 Å². The quantitative estimate of drug-likeness (QED) is 0.618. The van der Waals surface area contributed by atoms with Crippen molar-refractivity contribution in [1.82, 2.24) is 4.90 Å². The summed E-state index contributed by atoms with van der Waals surface area (Å²) in [5.74, 6) is -0.344. The molecule has 6 rings (SSSR count). The Labute approximate surface area is 198 Å². The summed E-state index contributed by atoms with van der Waals surface area (Å²) in [6.45, 7) is 1.73. The molecule has 34 heavy (non-hydrogen) atoms. The SMILES string of the molecule is C[C@@H]1[C@H](F)CN(C(=O)c2cc(C3CC3)c(OCC34CCC5CC(CC5C3)C4)cc2F)[C@@H]1C(=O)O. The molecule has 1 aromatic carbocycles. The minimum absolute atomic E-state index is 0.183. The van der Waals surface area contributed by atoms with Crippen molar-refractivity contribution in [2.24, 2.45) is 29.1 Å². The zero-order chi connectivity index (χ0) is 23.8. The average Bonchev–Trinajstić information content (AvgIpc) is 3.55. The minimum atomic E-state index is -1.45. The Morgan fingerprint density at radius 3 is 2.68 bits per heavy atom. The van der Waals surface area contributed by atoms with E-state index in [1.807, 2.05) is 0 Å². The van der Waals surface area contributed by atoms with Crippen LogP contribution >= 0.6 is 0 Å². The monoisotopic (exact) mass is 473 g/mol. The van der Waals surface area contributed by atoms with Gasteiger partial charge in [-0.2, -0.15) is 0 Å². The van der Waals surface area contributed by atoms with Crippen LogP contribution in [-0.2, 0) is 4.79 Å². The highest BCUT2D eigenvalue weighted by atomic mass is 19.1. The predicted octanol–water partition coefficient (Wildman–Crippen LogP) is 5.18. The molecule has 1 amide bonds. The zero-order valence-electron chi connectivity index (χ0n) is 19.6. The third kappa shape index (κ3) is 3.61. The normalized spacial score (nSPS) is 38.4. The number of ether oxygens (including phenoxy) is 1. The van der Waals surface area contributed by atoms with E-state index < -0.39 is 35.8 Å². The van der Waals surface area contributed by atoms with Crippen LogP contribution in [0.3, 0.4) is 0 Å². The Morgan fingerprint density at radius 1 is 1.18 bits per heavy atom. The molecule has 1 heterocycles. The van der Waals surface area contributed by atoms with Gasteiger partial charge in [-0.15, -0.1) is 0 Å². The van der Waals surface area contributed by atoms with Crippen LogP contribution in [0, 0.1) is 34.9 Å². The number of aliphatic carboxylic acids is 1. The first-order valence-corrected chi connectivity index (χ1v) is 12.9. The van der Waals surface area contributed by atoms with Crippen molar-refractivity contribution < 1.29 is 28.2 Å². The van der Waals surface area contributed by atoms with Crippen LogP contribution in [-0.4, -0.2) is 47.2 Å². The molecule has 5 fully saturated rings. The number of carbonyl (C=O) groups is 2. The molecule has 4 aliphatic carbocycles. The predicted molar refractivity (Wildman–Crippen MR) is 121 cm³/mol. The van der Waals surface area contributed by atoms with Gasteiger partial charge in [0.25, 0.3) is 5.91 Å². The lowest BCUT2D eigenvalue weighted by Gasteiger charge is -2.44. The lowest BCUT2D eigenvalue weighted by atomic mass is 9.62. The van der Waals surface area contributed by atoms with E-state index in [0.29, 0.717) is 12.4 Å². The summed E-state index contributed by atoms with van der Waals surface area (Å²) in [6.07, 6.45) is 8.04. The van der Waals surface area contributed by atoms with Crippen LogP contribution in [0.25, 0.3) is 0 Å². The first kappa shape index (κ1) is 22.3. The molecule has 1 N–H and O–H groups in total. The molecule has 1 saturated heterocycles. The zero-order valence-corrected chi connectivity index (χ0v) is 19.6. The van der Waals surface area contributed by atoms with Gasteiger partial charge in [0.2, 0.25) is 0 Å². The third-order valence-corrected chi connectivity index (χ3v) is 9.57. The second-order valence-electron chi connectivity index (χ2n) is 11.9. The van der Waals surface area contributed by atoms with Gasteiger partial charge in [0.05, 0.1) is 18.7 Å². The van der Waals surface area contributed by atoms with Crippen molar-refractivity contribution in [2.45, 2.75) is 76.4 Å². The lowest BCUT2D eigenvalue weighted by molar-refractivity contribution is -0.142. The number of hydrogen-bond acceptors (Lipinski definition) is 3. The van der Waals surface area contributed by atoms with Crippen molar-refractivity contribution in [1.29, 1.82) is 0 Å². The molecule has 184 valence electrons. The molecule has 7 atom stereocenters. The lowest BCUT2D eigenvalue weighted by Crippen LogP contribution is -2.43. The van der Waals surface area contributed by atoms with Crippen molar-refractivity contribution in [3.63, 3.8) is 0 Å². The summed E-state index contributed by atoms with van der Waals surface area (Å²) >= 11 is 0. The topological polar surface area (TPSA) is 66.8 Å². The fourth-order valence-electron chi connectivity index (χ4n) is 7.72. The number of carbonyl (C=O) groups excluding carboxylic acids is 1. The first-order chi connectivity index (χ1) is 16.2. The Hall–Kier alpha value is -2.18. The van der Waals surface area contributed by atoms with E-state index in [9.17, 15) is 19.1 Å². The Kier molecular flexibility index (Phi) is 5.19. The fourth-order valence-corrected chi connectivity index (χ4v) is 7.72. The van der Waals surface area contributed by atoms with Gasteiger partial charge < -0.3 is 14.7 Å². The Bertz CT molecular complexity index is 1020. The second-order valence-corrected chi connectivity index (χ2v) is 11.9. The molecule has 5 aliphatic rings. The number of carboxylic acid groups (broad SMARTS) is 1. The summed E-state index contributed by atoms with van der Waals surface area (Å²) in [5, 5.41) is 9.55. The van der Waals surface area contributed by atoms with Crippen molar-refractivity contribution in [3.8, 4) is 5.75 Å². The number of hydrogen-bond donors (Lipinski definition) is 1. The van der Waals surface area contributed by atoms with Crippen LogP contribution in [0.5, 0.6) is 5.75 Å². The molecule has 1 aromatic rings. The summed E-state index contributed by atoms with van der Waals surface area (Å²) < 4.78 is 35.9. The molecule has 1 aliphatic heterocycles. The summed E-state index contributed by atoms with van der Waals surface area (Å²) in [6, 6.07) is 1.56. The Balaban J connectivity index is 1.25. The van der Waals surface area contributed by atoms with Gasteiger partial charge in [0.1, 0.15) is 23.8 Å². The maximum Gasteiger partial charge on any atom is 0.326 e. The maximum atomic E-state index is 15.3. The fraction of sp³-hybridized carbons (Fsp3) is 0.704. The van der Waals surface area contributed by atoms with Gasteiger partial charge in [0, 0.05) is 17.4 Å². The molecule has 4 unspecified atom stereocenters. The van der Waals surface area contributed by atoms with Gasteiger partial charge in [-0.05, 0) is 86.7 Å². The smallest absolute Gasteiger partial charge is 0.326 e. The molecule has 7 heteroatoms. The number of alkyl halides is 1. The number of amides is 1. The molecule has 0 radical (unpaired) electrons. The molecular weight excluding hydrogens is 440 g/mol. The molecule has 0 spiro atoms. The van der Waals surface area contributed by atoms with Gasteiger partial charge in [-0.1, -0.05) is 6.92 Å². The van der Waals surface area contributed by atoms with E-state index >= 15 is 4.39 Å². The molecule has 5 nitrogen and oxygen atoms in total.